The molecular weight excluding hydrogens is 229 g/mol. The van der Waals surface area contributed by atoms with Crippen LogP contribution in [0.3, 0.4) is 0 Å². The number of hydrogen-bond acceptors (Lipinski definition) is 2. The first-order valence-corrected chi connectivity index (χ1v) is 4.63. The van der Waals surface area contributed by atoms with Gasteiger partial charge in [-0.15, -0.1) is 11.3 Å². The first-order chi connectivity index (χ1) is 5.29. The van der Waals surface area contributed by atoms with Gasteiger partial charge in [0, 0.05) is 0 Å². The van der Waals surface area contributed by atoms with Gasteiger partial charge in [0.15, 0.2) is 5.82 Å². The number of aromatic nitrogens is 1. The van der Waals surface area contributed by atoms with Crippen LogP contribution in [0, 0.1) is 5.82 Å². The van der Waals surface area contributed by atoms with E-state index in [9.17, 15) is 4.39 Å². The average molecular weight is 232 g/mol. The maximum Gasteiger partial charge on any atom is 0.164 e. The smallest absolute Gasteiger partial charge is 0.164 e. The number of thiazole rings is 1. The molecule has 0 bridgehead atoms. The van der Waals surface area contributed by atoms with Crippen molar-refractivity contribution in [1.82, 2.24) is 4.98 Å². The van der Waals surface area contributed by atoms with Crippen LogP contribution >= 0.6 is 27.3 Å². The Hall–Kier alpha value is -0.480. The molecular formula is C7H3BrFNS. The summed E-state index contributed by atoms with van der Waals surface area (Å²) in [6.07, 6.45) is 0. The molecule has 0 aliphatic carbocycles. The van der Waals surface area contributed by atoms with E-state index in [0.717, 1.165) is 4.70 Å². The molecule has 0 atom stereocenters. The number of benzene rings is 1. The summed E-state index contributed by atoms with van der Waals surface area (Å²) in [6, 6.07) is 3.54. The summed E-state index contributed by atoms with van der Waals surface area (Å²) >= 11 is 4.53. The van der Waals surface area contributed by atoms with Gasteiger partial charge in [0.2, 0.25) is 0 Å². The van der Waals surface area contributed by atoms with E-state index in [4.69, 9.17) is 0 Å². The molecule has 0 saturated heterocycles. The van der Waals surface area contributed by atoms with Crippen LogP contribution in [-0.2, 0) is 0 Å². The Balaban J connectivity index is 2.93. The quantitative estimate of drug-likeness (QED) is 0.679. The first-order valence-electron chi connectivity index (χ1n) is 2.96. The van der Waals surface area contributed by atoms with Crippen LogP contribution < -0.4 is 0 Å². The third kappa shape index (κ3) is 1.06. The highest BCUT2D eigenvalue weighted by Crippen LogP contribution is 2.25. The van der Waals surface area contributed by atoms with Gasteiger partial charge in [0.1, 0.15) is 5.52 Å². The number of rotatable bonds is 0. The number of fused-ring (bicyclic) bond motifs is 1. The lowest BCUT2D eigenvalue weighted by molar-refractivity contribution is 0.631. The van der Waals surface area contributed by atoms with Gasteiger partial charge in [0.25, 0.3) is 0 Å². The van der Waals surface area contributed by atoms with Crippen LogP contribution in [0.4, 0.5) is 4.39 Å². The predicted octanol–water partition coefficient (Wildman–Crippen LogP) is 3.20. The summed E-state index contributed by atoms with van der Waals surface area (Å²) in [5.41, 5.74) is 2.09. The molecule has 0 amide bonds. The van der Waals surface area contributed by atoms with E-state index >= 15 is 0 Å². The zero-order valence-electron chi connectivity index (χ0n) is 5.34. The van der Waals surface area contributed by atoms with Crippen molar-refractivity contribution in [2.24, 2.45) is 0 Å². The minimum absolute atomic E-state index is 0.274. The van der Waals surface area contributed by atoms with E-state index < -0.39 is 0 Å². The summed E-state index contributed by atoms with van der Waals surface area (Å²) in [5.74, 6) is -0.274. The minimum atomic E-state index is -0.274. The Morgan fingerprint density at radius 3 is 3.09 bits per heavy atom. The van der Waals surface area contributed by atoms with Gasteiger partial charge in [-0.25, -0.2) is 9.37 Å². The van der Waals surface area contributed by atoms with Crippen molar-refractivity contribution in [3.05, 3.63) is 27.9 Å². The second kappa shape index (κ2) is 2.53. The van der Waals surface area contributed by atoms with Crippen molar-refractivity contribution in [3.63, 3.8) is 0 Å². The third-order valence-electron chi connectivity index (χ3n) is 1.39. The maximum absolute atomic E-state index is 13.1. The molecule has 56 valence electrons. The number of hydrogen-bond donors (Lipinski definition) is 0. The normalized spacial score (nSPS) is 10.7. The molecule has 0 N–H and O–H groups in total. The van der Waals surface area contributed by atoms with Crippen molar-refractivity contribution in [3.8, 4) is 0 Å². The molecule has 0 radical (unpaired) electrons. The number of halogens is 2. The van der Waals surface area contributed by atoms with E-state index in [0.29, 0.717) is 9.99 Å². The fourth-order valence-electron chi connectivity index (χ4n) is 0.873. The van der Waals surface area contributed by atoms with Gasteiger partial charge in [-0.3, -0.25) is 0 Å². The highest BCUT2D eigenvalue weighted by atomic mass is 79.9. The zero-order valence-corrected chi connectivity index (χ0v) is 7.75. The molecule has 0 aliphatic rings. The Morgan fingerprint density at radius 2 is 2.27 bits per heavy atom. The molecule has 2 rings (SSSR count). The molecule has 1 heterocycles. The lowest BCUT2D eigenvalue weighted by Gasteiger charge is -1.92. The molecule has 2 aromatic rings. The average Bonchev–Trinajstić information content (AvgIpc) is 2.45. The van der Waals surface area contributed by atoms with Crippen LogP contribution in [0.1, 0.15) is 0 Å². The van der Waals surface area contributed by atoms with Crippen LogP contribution in [0.5, 0.6) is 0 Å². The maximum atomic E-state index is 13.1. The van der Waals surface area contributed by atoms with Crippen LogP contribution in [0.25, 0.3) is 10.2 Å². The van der Waals surface area contributed by atoms with Gasteiger partial charge in [-0.2, -0.15) is 0 Å². The fourth-order valence-corrected chi connectivity index (χ4v) is 1.87. The molecule has 0 saturated carbocycles. The largest absolute Gasteiger partial charge is 0.242 e. The van der Waals surface area contributed by atoms with Crippen molar-refractivity contribution in [2.45, 2.75) is 0 Å². The van der Waals surface area contributed by atoms with Crippen LogP contribution in [-0.4, -0.2) is 4.98 Å². The third-order valence-corrected chi connectivity index (χ3v) is 2.80. The zero-order chi connectivity index (χ0) is 7.84. The molecule has 0 fully saturated rings. The molecule has 1 aromatic heterocycles. The Kier molecular flexibility index (Phi) is 1.65. The molecule has 11 heavy (non-hydrogen) atoms. The van der Waals surface area contributed by atoms with Gasteiger partial charge in [0.05, 0.1) is 14.7 Å². The summed E-state index contributed by atoms with van der Waals surface area (Å²) in [5, 5.41) is 0. The van der Waals surface area contributed by atoms with Crippen molar-refractivity contribution >= 4 is 37.5 Å². The fraction of sp³-hybridized carbons (Fsp3) is 0. The summed E-state index contributed by atoms with van der Waals surface area (Å²) < 4.78 is 14.5. The minimum Gasteiger partial charge on any atom is -0.242 e. The van der Waals surface area contributed by atoms with Crippen molar-refractivity contribution in [2.75, 3.05) is 0 Å². The highest BCUT2D eigenvalue weighted by molar-refractivity contribution is 9.10. The lowest BCUT2D eigenvalue weighted by atomic mass is 10.3. The molecule has 0 spiro atoms. The van der Waals surface area contributed by atoms with E-state index in [1.165, 1.54) is 11.3 Å². The molecule has 0 aliphatic heterocycles. The standard InChI is InChI=1S/C7H3BrFNS/c8-4-1-2-5-7(6(4)9)10-3-11-5/h1-3H. The van der Waals surface area contributed by atoms with E-state index in [1.807, 2.05) is 6.07 Å². The Labute approximate surface area is 75.0 Å². The van der Waals surface area contributed by atoms with Crippen LogP contribution in [0.15, 0.2) is 22.1 Å². The Morgan fingerprint density at radius 1 is 1.45 bits per heavy atom. The molecule has 1 nitrogen and oxygen atoms in total. The molecule has 1 aromatic carbocycles. The monoisotopic (exact) mass is 231 g/mol. The Bertz CT molecular complexity index is 398. The lowest BCUT2D eigenvalue weighted by Crippen LogP contribution is -1.78. The summed E-state index contributed by atoms with van der Waals surface area (Å²) in [6.45, 7) is 0. The molecule has 4 heteroatoms. The predicted molar refractivity (Wildman–Crippen MR) is 47.3 cm³/mol. The number of nitrogens with zero attached hydrogens (tertiary/aromatic N) is 1. The first kappa shape index (κ1) is 7.18. The summed E-state index contributed by atoms with van der Waals surface area (Å²) in [4.78, 5) is 3.89. The van der Waals surface area contributed by atoms with E-state index in [-0.39, 0.29) is 5.82 Å². The van der Waals surface area contributed by atoms with Gasteiger partial charge >= 0.3 is 0 Å². The molecule has 0 unspecified atom stereocenters. The van der Waals surface area contributed by atoms with E-state index in [1.54, 1.807) is 11.6 Å². The topological polar surface area (TPSA) is 12.9 Å². The summed E-state index contributed by atoms with van der Waals surface area (Å²) in [7, 11) is 0. The van der Waals surface area contributed by atoms with Crippen molar-refractivity contribution < 1.29 is 4.39 Å². The SMILES string of the molecule is Fc1c(Br)ccc2scnc12. The second-order valence-corrected chi connectivity index (χ2v) is 3.80. The highest BCUT2D eigenvalue weighted by Gasteiger charge is 2.06. The van der Waals surface area contributed by atoms with Gasteiger partial charge in [-0.1, -0.05) is 0 Å². The van der Waals surface area contributed by atoms with Gasteiger partial charge in [-0.05, 0) is 28.1 Å². The van der Waals surface area contributed by atoms with Crippen molar-refractivity contribution in [1.29, 1.82) is 0 Å². The van der Waals surface area contributed by atoms with Crippen LogP contribution in [0.2, 0.25) is 0 Å². The second-order valence-electron chi connectivity index (χ2n) is 2.06. The van der Waals surface area contributed by atoms with E-state index in [2.05, 4.69) is 20.9 Å². The van der Waals surface area contributed by atoms with Gasteiger partial charge < -0.3 is 0 Å².